The third-order valence-electron chi connectivity index (χ3n) is 2.22. The summed E-state index contributed by atoms with van der Waals surface area (Å²) in [6.45, 7) is 2.34. The van der Waals surface area contributed by atoms with Gasteiger partial charge >= 0.3 is 12.0 Å². The van der Waals surface area contributed by atoms with Crippen LogP contribution in [0.3, 0.4) is 0 Å². The molecule has 6 nitrogen and oxygen atoms in total. The standard InChI is InChI=1S/C12H15N3O3S/c1-3-4-5-6-13-12(18)14-7-9-15-8(2)10(19-9)11(16)17/h1H,4-7H2,2H3,(H,16,17)(H2,13,14,18). The minimum atomic E-state index is -1.00. The first-order chi connectivity index (χ1) is 9.04. The Labute approximate surface area is 115 Å². The van der Waals surface area contributed by atoms with Crippen LogP contribution >= 0.6 is 11.3 Å². The average molecular weight is 281 g/mol. The predicted octanol–water partition coefficient (Wildman–Crippen LogP) is 1.36. The molecule has 0 saturated carbocycles. The molecule has 1 heterocycles. The summed E-state index contributed by atoms with van der Waals surface area (Å²) >= 11 is 1.06. The van der Waals surface area contributed by atoms with Crippen LogP contribution in [0.1, 0.15) is 33.2 Å². The molecule has 0 aliphatic heterocycles. The highest BCUT2D eigenvalue weighted by atomic mass is 32.1. The van der Waals surface area contributed by atoms with E-state index in [1.165, 1.54) is 0 Å². The number of urea groups is 1. The van der Waals surface area contributed by atoms with E-state index in [1.54, 1.807) is 6.92 Å². The SMILES string of the molecule is C#CCCCNC(=O)NCc1nc(C)c(C(=O)O)s1. The van der Waals surface area contributed by atoms with E-state index >= 15 is 0 Å². The zero-order valence-electron chi connectivity index (χ0n) is 10.5. The molecule has 0 bridgehead atoms. The number of aryl methyl sites for hydroxylation is 1. The molecule has 2 amide bonds. The lowest BCUT2D eigenvalue weighted by molar-refractivity contribution is 0.0701. The van der Waals surface area contributed by atoms with Crippen LogP contribution in [-0.4, -0.2) is 28.6 Å². The number of amides is 2. The van der Waals surface area contributed by atoms with Crippen LogP contribution in [0.4, 0.5) is 4.79 Å². The number of hydrogen-bond acceptors (Lipinski definition) is 4. The molecule has 0 spiro atoms. The van der Waals surface area contributed by atoms with Crippen molar-refractivity contribution in [2.75, 3.05) is 6.54 Å². The summed E-state index contributed by atoms with van der Waals surface area (Å²) < 4.78 is 0. The van der Waals surface area contributed by atoms with Gasteiger partial charge in [0.15, 0.2) is 0 Å². The summed E-state index contributed by atoms with van der Waals surface area (Å²) in [6.07, 6.45) is 6.43. The lowest BCUT2D eigenvalue weighted by Gasteiger charge is -2.04. The van der Waals surface area contributed by atoms with Gasteiger partial charge in [-0.1, -0.05) is 0 Å². The molecule has 1 aromatic rings. The predicted molar refractivity (Wildman–Crippen MR) is 72.1 cm³/mol. The van der Waals surface area contributed by atoms with E-state index < -0.39 is 5.97 Å². The summed E-state index contributed by atoms with van der Waals surface area (Å²) in [5, 5.41) is 14.7. The maximum Gasteiger partial charge on any atom is 0.347 e. The van der Waals surface area contributed by atoms with E-state index in [-0.39, 0.29) is 17.5 Å². The second-order valence-electron chi connectivity index (χ2n) is 3.74. The van der Waals surface area contributed by atoms with Crippen molar-refractivity contribution in [3.05, 3.63) is 15.6 Å². The Morgan fingerprint density at radius 3 is 2.79 bits per heavy atom. The van der Waals surface area contributed by atoms with Crippen molar-refractivity contribution >= 4 is 23.3 Å². The number of carbonyl (C=O) groups is 2. The normalized spacial score (nSPS) is 9.68. The van der Waals surface area contributed by atoms with Gasteiger partial charge in [0.2, 0.25) is 0 Å². The lowest BCUT2D eigenvalue weighted by Crippen LogP contribution is -2.35. The van der Waals surface area contributed by atoms with Crippen LogP contribution in [0, 0.1) is 19.3 Å². The Bertz CT molecular complexity index is 505. The Kier molecular flexibility index (Phi) is 5.82. The molecule has 0 atom stereocenters. The highest BCUT2D eigenvalue weighted by molar-refractivity contribution is 7.13. The van der Waals surface area contributed by atoms with Crippen molar-refractivity contribution < 1.29 is 14.7 Å². The van der Waals surface area contributed by atoms with Crippen LogP contribution < -0.4 is 10.6 Å². The first-order valence-corrected chi connectivity index (χ1v) is 6.51. The third kappa shape index (κ3) is 4.97. The smallest absolute Gasteiger partial charge is 0.347 e. The second kappa shape index (κ2) is 7.38. The maximum atomic E-state index is 11.4. The van der Waals surface area contributed by atoms with Crippen molar-refractivity contribution in [2.45, 2.75) is 26.3 Å². The Hall–Kier alpha value is -2.07. The van der Waals surface area contributed by atoms with Crippen LogP contribution in [0.25, 0.3) is 0 Å². The molecule has 0 radical (unpaired) electrons. The fraction of sp³-hybridized carbons (Fsp3) is 0.417. The van der Waals surface area contributed by atoms with Crippen molar-refractivity contribution in [2.24, 2.45) is 0 Å². The summed E-state index contributed by atoms with van der Waals surface area (Å²) in [4.78, 5) is 26.5. The second-order valence-corrected chi connectivity index (χ2v) is 4.83. The summed E-state index contributed by atoms with van der Waals surface area (Å²) in [6, 6.07) is -0.318. The van der Waals surface area contributed by atoms with Crippen molar-refractivity contribution in [3.8, 4) is 12.3 Å². The Morgan fingerprint density at radius 1 is 1.47 bits per heavy atom. The Balaban J connectivity index is 2.36. The number of aromatic carboxylic acids is 1. The molecule has 0 aromatic carbocycles. The number of rotatable bonds is 6. The van der Waals surface area contributed by atoms with E-state index in [0.717, 1.165) is 17.8 Å². The largest absolute Gasteiger partial charge is 0.477 e. The van der Waals surface area contributed by atoms with Gasteiger partial charge in [-0.2, -0.15) is 0 Å². The molecule has 3 N–H and O–H groups in total. The van der Waals surface area contributed by atoms with E-state index in [1.807, 2.05) is 0 Å². The summed E-state index contributed by atoms with van der Waals surface area (Å²) in [7, 11) is 0. The van der Waals surface area contributed by atoms with Gasteiger partial charge in [0.1, 0.15) is 9.88 Å². The van der Waals surface area contributed by atoms with Crippen molar-refractivity contribution in [1.82, 2.24) is 15.6 Å². The zero-order valence-corrected chi connectivity index (χ0v) is 11.3. The number of hydrogen-bond donors (Lipinski definition) is 3. The number of nitrogens with zero attached hydrogens (tertiary/aromatic N) is 1. The topological polar surface area (TPSA) is 91.3 Å². The van der Waals surface area contributed by atoms with Crippen molar-refractivity contribution in [3.63, 3.8) is 0 Å². The minimum absolute atomic E-state index is 0.200. The highest BCUT2D eigenvalue weighted by Gasteiger charge is 2.14. The van der Waals surface area contributed by atoms with Gasteiger partial charge in [-0.15, -0.1) is 23.7 Å². The van der Waals surface area contributed by atoms with E-state index in [4.69, 9.17) is 11.5 Å². The summed E-state index contributed by atoms with van der Waals surface area (Å²) in [5.74, 6) is 1.48. The zero-order chi connectivity index (χ0) is 14.3. The number of carbonyl (C=O) groups excluding carboxylic acids is 1. The fourth-order valence-corrected chi connectivity index (χ4v) is 2.18. The number of carboxylic acids is 1. The quantitative estimate of drug-likeness (QED) is 0.542. The van der Waals surface area contributed by atoms with Gasteiger partial charge in [0.05, 0.1) is 12.2 Å². The number of thiazole rings is 1. The van der Waals surface area contributed by atoms with Gasteiger partial charge in [0.25, 0.3) is 0 Å². The van der Waals surface area contributed by atoms with Gasteiger partial charge in [0, 0.05) is 13.0 Å². The summed E-state index contributed by atoms with van der Waals surface area (Å²) in [5.41, 5.74) is 0.462. The molecule has 1 aromatic heterocycles. The average Bonchev–Trinajstić information content (AvgIpc) is 2.74. The van der Waals surface area contributed by atoms with Gasteiger partial charge in [-0.05, 0) is 13.3 Å². The third-order valence-corrected chi connectivity index (χ3v) is 3.36. The maximum absolute atomic E-state index is 11.4. The van der Waals surface area contributed by atoms with E-state index in [2.05, 4.69) is 21.5 Å². The number of unbranched alkanes of at least 4 members (excludes halogenated alkanes) is 1. The molecule has 7 heteroatoms. The molecule has 102 valence electrons. The van der Waals surface area contributed by atoms with Crippen LogP contribution in [0.2, 0.25) is 0 Å². The Morgan fingerprint density at radius 2 is 2.21 bits per heavy atom. The molecule has 0 aliphatic rings. The van der Waals surface area contributed by atoms with Crippen LogP contribution in [0.5, 0.6) is 0 Å². The highest BCUT2D eigenvalue weighted by Crippen LogP contribution is 2.17. The first kappa shape index (κ1) is 15.0. The minimum Gasteiger partial charge on any atom is -0.477 e. The first-order valence-electron chi connectivity index (χ1n) is 5.69. The molecule has 19 heavy (non-hydrogen) atoms. The number of aromatic nitrogens is 1. The molecule has 0 unspecified atom stereocenters. The fourth-order valence-electron chi connectivity index (χ4n) is 1.34. The monoisotopic (exact) mass is 281 g/mol. The van der Waals surface area contributed by atoms with E-state index in [0.29, 0.717) is 23.7 Å². The van der Waals surface area contributed by atoms with Crippen LogP contribution in [0.15, 0.2) is 0 Å². The number of nitrogens with one attached hydrogen (secondary N) is 2. The van der Waals surface area contributed by atoms with Crippen LogP contribution in [-0.2, 0) is 6.54 Å². The van der Waals surface area contributed by atoms with Gasteiger partial charge in [-0.25, -0.2) is 14.6 Å². The van der Waals surface area contributed by atoms with E-state index in [9.17, 15) is 9.59 Å². The number of carboxylic acid groups (broad SMARTS) is 1. The molecule has 0 fully saturated rings. The molecule has 0 saturated heterocycles. The molecule has 0 aliphatic carbocycles. The van der Waals surface area contributed by atoms with Gasteiger partial charge < -0.3 is 15.7 Å². The molecule has 1 rings (SSSR count). The lowest BCUT2D eigenvalue weighted by atomic mass is 10.3. The number of terminal acetylenes is 1. The molecular formula is C12H15N3O3S. The molecular weight excluding hydrogens is 266 g/mol. The van der Waals surface area contributed by atoms with Gasteiger partial charge in [-0.3, -0.25) is 0 Å². The van der Waals surface area contributed by atoms with Crippen molar-refractivity contribution in [1.29, 1.82) is 0 Å².